The number of piperidine rings is 1. The number of rotatable bonds is 7. The van der Waals surface area contributed by atoms with Crippen molar-refractivity contribution >= 4 is 0 Å². The van der Waals surface area contributed by atoms with Crippen molar-refractivity contribution in [2.24, 2.45) is 5.92 Å². The maximum Gasteiger partial charge on any atom is 0.0163 e. The molecule has 1 saturated heterocycles. The highest BCUT2D eigenvalue weighted by atomic mass is 15.1. The summed E-state index contributed by atoms with van der Waals surface area (Å²) in [5.41, 5.74) is 0. The third kappa shape index (κ3) is 5.14. The third-order valence-electron chi connectivity index (χ3n) is 3.03. The molecular weight excluding hydrogens is 184 g/mol. The van der Waals surface area contributed by atoms with Crippen molar-refractivity contribution in [2.45, 2.75) is 19.3 Å². The monoisotopic (exact) mass is 208 g/mol. The highest BCUT2D eigenvalue weighted by molar-refractivity contribution is 4.80. The van der Waals surface area contributed by atoms with Gasteiger partial charge in [-0.1, -0.05) is 12.2 Å². The average molecular weight is 208 g/mol. The van der Waals surface area contributed by atoms with Gasteiger partial charge >= 0.3 is 0 Å². The molecule has 1 aliphatic rings. The Labute approximate surface area is 94.0 Å². The molecule has 0 saturated carbocycles. The van der Waals surface area contributed by atoms with E-state index in [2.05, 4.69) is 23.4 Å². The highest BCUT2D eigenvalue weighted by Gasteiger charge is 2.13. The van der Waals surface area contributed by atoms with Crippen LogP contribution < -0.4 is 5.32 Å². The third-order valence-corrected chi connectivity index (χ3v) is 3.03. The first kappa shape index (κ1) is 12.5. The molecule has 0 aromatic carbocycles. The van der Waals surface area contributed by atoms with Gasteiger partial charge in [-0.3, -0.25) is 4.90 Å². The Kier molecular flexibility index (Phi) is 6.37. The zero-order valence-corrected chi connectivity index (χ0v) is 9.75. The van der Waals surface area contributed by atoms with Crippen molar-refractivity contribution in [2.75, 3.05) is 32.7 Å². The van der Waals surface area contributed by atoms with E-state index in [-0.39, 0.29) is 0 Å². The Morgan fingerprint density at radius 3 is 2.53 bits per heavy atom. The fraction of sp³-hybridized carbons (Fsp3) is 0.692. The first-order chi connectivity index (χ1) is 7.36. The second-order valence-corrected chi connectivity index (χ2v) is 4.34. The van der Waals surface area contributed by atoms with Gasteiger partial charge < -0.3 is 5.32 Å². The largest absolute Gasteiger partial charge is 0.316 e. The van der Waals surface area contributed by atoms with Crippen LogP contribution in [0.5, 0.6) is 0 Å². The summed E-state index contributed by atoms with van der Waals surface area (Å²) in [7, 11) is 0. The number of nitrogens with zero attached hydrogens (tertiary/aromatic N) is 1. The lowest BCUT2D eigenvalue weighted by Crippen LogP contribution is -2.33. The molecule has 1 heterocycles. The molecule has 0 aliphatic carbocycles. The van der Waals surface area contributed by atoms with Crippen molar-refractivity contribution in [3.8, 4) is 0 Å². The van der Waals surface area contributed by atoms with E-state index < -0.39 is 0 Å². The van der Waals surface area contributed by atoms with Crippen molar-refractivity contribution in [1.29, 1.82) is 0 Å². The molecule has 0 aromatic heterocycles. The molecule has 15 heavy (non-hydrogen) atoms. The normalized spacial score (nSPS) is 21.5. The fourth-order valence-corrected chi connectivity index (χ4v) is 2.16. The van der Waals surface area contributed by atoms with E-state index in [1.54, 1.807) is 0 Å². The van der Waals surface area contributed by atoms with E-state index in [1.807, 2.05) is 12.2 Å². The second-order valence-electron chi connectivity index (χ2n) is 4.34. The van der Waals surface area contributed by atoms with Gasteiger partial charge in [-0.2, -0.15) is 0 Å². The number of hydrogen-bond donors (Lipinski definition) is 1. The van der Waals surface area contributed by atoms with Gasteiger partial charge in [0.2, 0.25) is 0 Å². The smallest absolute Gasteiger partial charge is 0.0163 e. The Morgan fingerprint density at radius 1 is 1.27 bits per heavy atom. The predicted molar refractivity (Wildman–Crippen MR) is 67.0 cm³/mol. The van der Waals surface area contributed by atoms with E-state index in [1.165, 1.54) is 38.9 Å². The fourth-order valence-electron chi connectivity index (χ4n) is 2.16. The minimum atomic E-state index is 0.871. The van der Waals surface area contributed by atoms with Crippen LogP contribution in [-0.4, -0.2) is 37.6 Å². The van der Waals surface area contributed by atoms with E-state index in [0.29, 0.717) is 0 Å². The molecule has 0 aromatic rings. The van der Waals surface area contributed by atoms with Crippen LogP contribution in [0.3, 0.4) is 0 Å². The quantitative estimate of drug-likeness (QED) is 0.644. The topological polar surface area (TPSA) is 15.3 Å². The van der Waals surface area contributed by atoms with Crippen molar-refractivity contribution in [3.05, 3.63) is 25.3 Å². The molecule has 1 fully saturated rings. The molecule has 1 N–H and O–H groups in total. The molecule has 0 amide bonds. The van der Waals surface area contributed by atoms with Crippen molar-refractivity contribution < 1.29 is 0 Å². The maximum absolute atomic E-state index is 3.79. The standard InChI is InChI=1S/C13H24N2/c1-3-9-15(10-4-2)11-7-13-6-5-8-14-12-13/h3-4,13-14H,1-2,5-12H2/t13-/m1/s1. The summed E-state index contributed by atoms with van der Waals surface area (Å²) >= 11 is 0. The molecule has 0 radical (unpaired) electrons. The van der Waals surface area contributed by atoms with Crippen molar-refractivity contribution in [3.63, 3.8) is 0 Å². The van der Waals surface area contributed by atoms with Crippen LogP contribution in [0, 0.1) is 5.92 Å². The molecule has 1 rings (SSSR count). The van der Waals surface area contributed by atoms with Gasteiger partial charge in [-0.15, -0.1) is 13.2 Å². The molecule has 1 aliphatic heterocycles. The van der Waals surface area contributed by atoms with Crippen LogP contribution >= 0.6 is 0 Å². The highest BCUT2D eigenvalue weighted by Crippen LogP contribution is 2.14. The summed E-state index contributed by atoms with van der Waals surface area (Å²) in [5, 5.41) is 3.46. The average Bonchev–Trinajstić information content (AvgIpc) is 2.28. The first-order valence-corrected chi connectivity index (χ1v) is 6.01. The van der Waals surface area contributed by atoms with Gasteiger partial charge in [0, 0.05) is 13.1 Å². The Morgan fingerprint density at radius 2 is 2.00 bits per heavy atom. The number of hydrogen-bond acceptors (Lipinski definition) is 2. The maximum atomic E-state index is 3.79. The van der Waals surface area contributed by atoms with Crippen LogP contribution in [0.15, 0.2) is 25.3 Å². The van der Waals surface area contributed by atoms with E-state index in [4.69, 9.17) is 0 Å². The van der Waals surface area contributed by atoms with E-state index >= 15 is 0 Å². The molecular formula is C13H24N2. The van der Waals surface area contributed by atoms with Crippen LogP contribution in [0.25, 0.3) is 0 Å². The molecule has 86 valence electrons. The van der Waals surface area contributed by atoms with Gasteiger partial charge in [0.25, 0.3) is 0 Å². The van der Waals surface area contributed by atoms with Gasteiger partial charge in [0.1, 0.15) is 0 Å². The molecule has 0 bridgehead atoms. The summed E-state index contributed by atoms with van der Waals surface area (Å²) in [6.45, 7) is 13.1. The minimum absolute atomic E-state index is 0.871. The summed E-state index contributed by atoms with van der Waals surface area (Å²) in [5.74, 6) is 0.871. The summed E-state index contributed by atoms with van der Waals surface area (Å²) < 4.78 is 0. The van der Waals surface area contributed by atoms with E-state index in [9.17, 15) is 0 Å². The minimum Gasteiger partial charge on any atom is -0.316 e. The Bertz CT molecular complexity index is 173. The lowest BCUT2D eigenvalue weighted by Gasteiger charge is -2.26. The summed E-state index contributed by atoms with van der Waals surface area (Å²) in [4.78, 5) is 2.40. The summed E-state index contributed by atoms with van der Waals surface area (Å²) in [6.07, 6.45) is 7.98. The Balaban J connectivity index is 2.18. The second kappa shape index (κ2) is 7.66. The predicted octanol–water partition coefficient (Wildman–Crippen LogP) is 2.05. The van der Waals surface area contributed by atoms with Gasteiger partial charge in [-0.05, 0) is 44.8 Å². The molecule has 2 heteroatoms. The van der Waals surface area contributed by atoms with Gasteiger partial charge in [-0.25, -0.2) is 0 Å². The van der Waals surface area contributed by atoms with Gasteiger partial charge in [0.05, 0.1) is 0 Å². The molecule has 2 nitrogen and oxygen atoms in total. The van der Waals surface area contributed by atoms with E-state index in [0.717, 1.165) is 19.0 Å². The zero-order valence-electron chi connectivity index (χ0n) is 9.75. The van der Waals surface area contributed by atoms with Crippen molar-refractivity contribution in [1.82, 2.24) is 10.2 Å². The molecule has 0 unspecified atom stereocenters. The zero-order chi connectivity index (χ0) is 10.9. The SMILES string of the molecule is C=CCN(CC=C)CC[C@H]1CCCNC1. The molecule has 1 atom stereocenters. The van der Waals surface area contributed by atoms with Crippen LogP contribution in [0.1, 0.15) is 19.3 Å². The number of nitrogens with one attached hydrogen (secondary N) is 1. The Hall–Kier alpha value is -0.600. The lowest BCUT2D eigenvalue weighted by molar-refractivity contribution is 0.273. The summed E-state index contributed by atoms with van der Waals surface area (Å²) in [6, 6.07) is 0. The first-order valence-electron chi connectivity index (χ1n) is 6.01. The lowest BCUT2D eigenvalue weighted by atomic mass is 9.96. The van der Waals surface area contributed by atoms with Crippen LogP contribution in [-0.2, 0) is 0 Å². The van der Waals surface area contributed by atoms with Gasteiger partial charge in [0.15, 0.2) is 0 Å². The van der Waals surface area contributed by atoms with Crippen LogP contribution in [0.4, 0.5) is 0 Å². The van der Waals surface area contributed by atoms with Crippen LogP contribution in [0.2, 0.25) is 0 Å². The molecule has 0 spiro atoms.